The maximum absolute atomic E-state index is 12.4. The molecule has 34 heavy (non-hydrogen) atoms. The molecule has 0 radical (unpaired) electrons. The zero-order valence-corrected chi connectivity index (χ0v) is 18.1. The lowest BCUT2D eigenvalue weighted by atomic mass is 10.2. The largest absolute Gasteiger partial charge is 0.485 e. The van der Waals surface area contributed by atoms with E-state index in [1.807, 2.05) is 54.6 Å². The van der Waals surface area contributed by atoms with Gasteiger partial charge in [0.25, 0.3) is 11.8 Å². The molecule has 9 nitrogen and oxygen atoms in total. The molecule has 2 aromatic carbocycles. The normalized spacial score (nSPS) is 10.6. The molecule has 172 valence electrons. The summed E-state index contributed by atoms with van der Waals surface area (Å²) in [6.45, 7) is 0.235. The summed E-state index contributed by atoms with van der Waals surface area (Å²) in [4.78, 5) is 40.6. The van der Waals surface area contributed by atoms with E-state index in [4.69, 9.17) is 14.9 Å². The van der Waals surface area contributed by atoms with Crippen molar-refractivity contribution in [3.05, 3.63) is 90.0 Å². The number of ether oxygens (including phenoxy) is 1. The standard InChI is InChI=1S/C25H22N4O5/c26-24(31)23-20(33-15-16-5-2-1-3-6-16)14-21(34-23)25(32)28-12-10-22(30)29-18-8-9-19-17(13-18)7-4-11-27-19/h1-9,11,13-14H,10,12,15H2,(H2,26,31)(H,28,32)(H,29,30). The van der Waals surface area contributed by atoms with Gasteiger partial charge in [-0.2, -0.15) is 0 Å². The van der Waals surface area contributed by atoms with Gasteiger partial charge in [0, 0.05) is 36.3 Å². The molecule has 3 amide bonds. The monoisotopic (exact) mass is 458 g/mol. The number of nitrogens with one attached hydrogen (secondary N) is 2. The maximum atomic E-state index is 12.4. The lowest BCUT2D eigenvalue weighted by molar-refractivity contribution is -0.116. The molecular formula is C25H22N4O5. The summed E-state index contributed by atoms with van der Waals surface area (Å²) in [5.74, 6) is -2.03. The van der Waals surface area contributed by atoms with E-state index in [-0.39, 0.29) is 42.7 Å². The van der Waals surface area contributed by atoms with Crippen molar-refractivity contribution in [2.24, 2.45) is 5.73 Å². The Morgan fingerprint density at radius 1 is 1.00 bits per heavy atom. The summed E-state index contributed by atoms with van der Waals surface area (Å²) in [5.41, 5.74) is 7.68. The Bertz CT molecular complexity index is 1330. The van der Waals surface area contributed by atoms with E-state index in [2.05, 4.69) is 15.6 Å². The van der Waals surface area contributed by atoms with Crippen LogP contribution in [0.5, 0.6) is 5.75 Å². The van der Waals surface area contributed by atoms with Crippen molar-refractivity contribution in [3.63, 3.8) is 0 Å². The number of nitrogens with zero attached hydrogens (tertiary/aromatic N) is 1. The molecule has 0 aliphatic carbocycles. The van der Waals surface area contributed by atoms with Gasteiger partial charge in [-0.1, -0.05) is 36.4 Å². The van der Waals surface area contributed by atoms with Crippen molar-refractivity contribution in [1.29, 1.82) is 0 Å². The molecule has 4 aromatic rings. The summed E-state index contributed by atoms with van der Waals surface area (Å²) in [6.07, 6.45) is 1.74. The van der Waals surface area contributed by atoms with Gasteiger partial charge in [0.05, 0.1) is 5.52 Å². The number of carbonyl (C=O) groups excluding carboxylic acids is 3. The van der Waals surface area contributed by atoms with Crippen molar-refractivity contribution in [2.45, 2.75) is 13.0 Å². The Balaban J connectivity index is 1.31. The first-order chi connectivity index (χ1) is 16.5. The van der Waals surface area contributed by atoms with Gasteiger partial charge in [0.1, 0.15) is 6.61 Å². The highest BCUT2D eigenvalue weighted by Crippen LogP contribution is 2.24. The molecule has 0 spiro atoms. The number of rotatable bonds is 9. The number of anilines is 1. The fraction of sp³-hybridized carbons (Fsp3) is 0.120. The van der Waals surface area contributed by atoms with Crippen LogP contribution in [-0.4, -0.2) is 29.3 Å². The van der Waals surface area contributed by atoms with E-state index in [1.165, 1.54) is 6.07 Å². The number of nitrogens with two attached hydrogens (primary N) is 1. The van der Waals surface area contributed by atoms with Gasteiger partial charge in [-0.05, 0) is 29.8 Å². The number of aromatic nitrogens is 1. The first-order valence-corrected chi connectivity index (χ1v) is 10.5. The maximum Gasteiger partial charge on any atom is 0.288 e. The number of primary amides is 1. The number of carbonyl (C=O) groups is 3. The third kappa shape index (κ3) is 5.57. The predicted molar refractivity (Wildman–Crippen MR) is 125 cm³/mol. The SMILES string of the molecule is NC(=O)c1oc(C(=O)NCCC(=O)Nc2ccc3ncccc3c2)cc1OCc1ccccc1. The highest BCUT2D eigenvalue weighted by atomic mass is 16.5. The fourth-order valence-corrected chi connectivity index (χ4v) is 3.25. The molecule has 0 saturated carbocycles. The van der Waals surface area contributed by atoms with Crippen LogP contribution in [-0.2, 0) is 11.4 Å². The second-order valence-corrected chi connectivity index (χ2v) is 7.41. The first-order valence-electron chi connectivity index (χ1n) is 10.5. The minimum Gasteiger partial charge on any atom is -0.485 e. The zero-order chi connectivity index (χ0) is 23.9. The second-order valence-electron chi connectivity index (χ2n) is 7.41. The summed E-state index contributed by atoms with van der Waals surface area (Å²) in [7, 11) is 0. The van der Waals surface area contributed by atoms with Crippen LogP contribution >= 0.6 is 0 Å². The van der Waals surface area contributed by atoms with Crippen molar-refractivity contribution in [2.75, 3.05) is 11.9 Å². The molecule has 0 bridgehead atoms. The smallest absolute Gasteiger partial charge is 0.288 e. The van der Waals surface area contributed by atoms with E-state index in [9.17, 15) is 14.4 Å². The number of hydrogen-bond donors (Lipinski definition) is 3. The number of furan rings is 1. The number of benzene rings is 2. The lowest BCUT2D eigenvalue weighted by Gasteiger charge is -2.07. The van der Waals surface area contributed by atoms with Gasteiger partial charge < -0.3 is 25.5 Å². The minimum atomic E-state index is -0.855. The van der Waals surface area contributed by atoms with E-state index >= 15 is 0 Å². The van der Waals surface area contributed by atoms with Crippen molar-refractivity contribution >= 4 is 34.3 Å². The summed E-state index contributed by atoms with van der Waals surface area (Å²) in [5, 5.41) is 6.28. The Labute approximate surface area is 194 Å². The summed E-state index contributed by atoms with van der Waals surface area (Å²) in [6, 6.07) is 19.7. The van der Waals surface area contributed by atoms with Gasteiger partial charge in [0.15, 0.2) is 11.5 Å². The third-order valence-electron chi connectivity index (χ3n) is 4.91. The molecule has 2 heterocycles. The summed E-state index contributed by atoms with van der Waals surface area (Å²) < 4.78 is 10.9. The average molecular weight is 458 g/mol. The summed E-state index contributed by atoms with van der Waals surface area (Å²) >= 11 is 0. The molecule has 0 fully saturated rings. The second kappa shape index (κ2) is 10.3. The van der Waals surface area contributed by atoms with Crippen LogP contribution in [0.1, 0.15) is 33.1 Å². The molecule has 2 aromatic heterocycles. The van der Waals surface area contributed by atoms with E-state index in [1.54, 1.807) is 12.3 Å². The average Bonchev–Trinajstić information content (AvgIpc) is 3.28. The molecule has 4 N–H and O–H groups in total. The Kier molecular flexibility index (Phi) is 6.83. The van der Waals surface area contributed by atoms with Crippen LogP contribution in [0.25, 0.3) is 10.9 Å². The molecular weight excluding hydrogens is 436 g/mol. The lowest BCUT2D eigenvalue weighted by Crippen LogP contribution is -2.27. The van der Waals surface area contributed by atoms with Gasteiger partial charge in [-0.25, -0.2) is 0 Å². The van der Waals surface area contributed by atoms with Gasteiger partial charge in [-0.3, -0.25) is 19.4 Å². The molecule has 9 heteroatoms. The molecule has 0 atom stereocenters. The van der Waals surface area contributed by atoms with E-state index in [0.29, 0.717) is 5.69 Å². The van der Waals surface area contributed by atoms with Crippen LogP contribution in [0, 0.1) is 0 Å². The number of hydrogen-bond acceptors (Lipinski definition) is 6. The first kappa shape index (κ1) is 22.5. The van der Waals surface area contributed by atoms with Gasteiger partial charge in [0.2, 0.25) is 11.7 Å². The quantitative estimate of drug-likeness (QED) is 0.352. The Morgan fingerprint density at radius 3 is 2.62 bits per heavy atom. The van der Waals surface area contributed by atoms with Crippen molar-refractivity contribution in [1.82, 2.24) is 10.3 Å². The van der Waals surface area contributed by atoms with Crippen LogP contribution in [0.15, 0.2) is 77.3 Å². The topological polar surface area (TPSA) is 137 Å². The molecule has 0 saturated heterocycles. The molecule has 0 aliphatic heterocycles. The minimum absolute atomic E-state index is 0.0393. The number of amides is 3. The van der Waals surface area contributed by atoms with Crippen molar-refractivity contribution < 1.29 is 23.5 Å². The third-order valence-corrected chi connectivity index (χ3v) is 4.91. The van der Waals surface area contributed by atoms with Gasteiger partial charge >= 0.3 is 0 Å². The zero-order valence-electron chi connectivity index (χ0n) is 18.1. The molecule has 4 rings (SSSR count). The number of pyridine rings is 1. The van der Waals surface area contributed by atoms with Crippen LogP contribution < -0.4 is 21.1 Å². The van der Waals surface area contributed by atoms with Crippen LogP contribution in [0.3, 0.4) is 0 Å². The predicted octanol–water partition coefficient (Wildman–Crippen LogP) is 3.26. The van der Waals surface area contributed by atoms with Gasteiger partial charge in [-0.15, -0.1) is 0 Å². The van der Waals surface area contributed by atoms with Crippen LogP contribution in [0.2, 0.25) is 0 Å². The highest BCUT2D eigenvalue weighted by Gasteiger charge is 2.21. The Morgan fingerprint density at radius 2 is 1.82 bits per heavy atom. The Hall–Kier alpha value is -4.66. The molecule has 0 unspecified atom stereocenters. The molecule has 0 aliphatic rings. The number of fused-ring (bicyclic) bond motifs is 1. The van der Waals surface area contributed by atoms with E-state index < -0.39 is 11.8 Å². The van der Waals surface area contributed by atoms with Crippen LogP contribution in [0.4, 0.5) is 5.69 Å². The van der Waals surface area contributed by atoms with Crippen molar-refractivity contribution in [3.8, 4) is 5.75 Å². The highest BCUT2D eigenvalue weighted by molar-refractivity contribution is 5.98. The van der Waals surface area contributed by atoms with E-state index in [0.717, 1.165) is 16.5 Å². The fourth-order valence-electron chi connectivity index (χ4n) is 3.25.